The maximum Gasteiger partial charge on any atom is 0.0771 e. The van der Waals surface area contributed by atoms with Crippen molar-refractivity contribution in [1.29, 1.82) is 0 Å². The molecule has 0 atom stereocenters. The van der Waals surface area contributed by atoms with Crippen LogP contribution < -0.4 is 5.90 Å². The standard InChI is InChI=1S/C10H13BrClNO/c1-10(2,6-14-13)8-4-3-7(11)5-9(8)12/h3-5H,6,13H2,1-2H3. The molecule has 1 aromatic carbocycles. The van der Waals surface area contributed by atoms with Crippen molar-refractivity contribution in [1.82, 2.24) is 0 Å². The van der Waals surface area contributed by atoms with Crippen LogP contribution in [0.15, 0.2) is 22.7 Å². The zero-order chi connectivity index (χ0) is 10.8. The molecule has 0 heterocycles. The fourth-order valence-electron chi connectivity index (χ4n) is 1.32. The van der Waals surface area contributed by atoms with Crippen LogP contribution in [0.2, 0.25) is 5.02 Å². The number of hydrogen-bond donors (Lipinski definition) is 1. The van der Waals surface area contributed by atoms with E-state index < -0.39 is 0 Å². The summed E-state index contributed by atoms with van der Waals surface area (Å²) < 4.78 is 0.968. The highest BCUT2D eigenvalue weighted by Crippen LogP contribution is 2.31. The molecular weight excluding hydrogens is 265 g/mol. The number of nitrogens with two attached hydrogens (primary N) is 1. The fraction of sp³-hybridized carbons (Fsp3) is 0.400. The molecule has 0 aliphatic heterocycles. The van der Waals surface area contributed by atoms with Crippen LogP contribution in [0.1, 0.15) is 19.4 Å². The third kappa shape index (κ3) is 2.70. The van der Waals surface area contributed by atoms with E-state index in [0.717, 1.165) is 15.1 Å². The topological polar surface area (TPSA) is 35.2 Å². The van der Waals surface area contributed by atoms with Gasteiger partial charge in [-0.2, -0.15) is 0 Å². The molecule has 0 aromatic heterocycles. The second-order valence-corrected chi connectivity index (χ2v) is 5.14. The Bertz CT molecular complexity index is 328. The number of rotatable bonds is 3. The van der Waals surface area contributed by atoms with Crippen LogP contribution in [0.25, 0.3) is 0 Å². The molecule has 0 aliphatic carbocycles. The molecule has 0 saturated heterocycles. The summed E-state index contributed by atoms with van der Waals surface area (Å²) in [5.74, 6) is 5.08. The van der Waals surface area contributed by atoms with E-state index in [4.69, 9.17) is 17.5 Å². The molecule has 0 saturated carbocycles. The van der Waals surface area contributed by atoms with E-state index in [9.17, 15) is 0 Å². The maximum atomic E-state index is 6.12. The zero-order valence-corrected chi connectivity index (χ0v) is 10.5. The molecule has 0 spiro atoms. The third-order valence-corrected chi connectivity index (χ3v) is 2.91. The summed E-state index contributed by atoms with van der Waals surface area (Å²) in [7, 11) is 0. The number of hydrogen-bond acceptors (Lipinski definition) is 2. The highest BCUT2D eigenvalue weighted by Gasteiger charge is 2.23. The molecule has 0 fully saturated rings. The molecule has 0 aliphatic rings. The first kappa shape index (κ1) is 12.0. The van der Waals surface area contributed by atoms with E-state index in [1.807, 2.05) is 32.0 Å². The summed E-state index contributed by atoms with van der Waals surface area (Å²) in [5, 5.41) is 0.724. The Balaban J connectivity index is 3.06. The van der Waals surface area contributed by atoms with E-state index in [-0.39, 0.29) is 5.41 Å². The Morgan fingerprint density at radius 1 is 1.50 bits per heavy atom. The van der Waals surface area contributed by atoms with E-state index in [1.54, 1.807) is 0 Å². The Kier molecular flexibility index (Phi) is 3.95. The molecule has 0 unspecified atom stereocenters. The van der Waals surface area contributed by atoms with E-state index >= 15 is 0 Å². The van der Waals surface area contributed by atoms with Gasteiger partial charge in [0, 0.05) is 14.9 Å². The van der Waals surface area contributed by atoms with Crippen LogP contribution in [0.5, 0.6) is 0 Å². The lowest BCUT2D eigenvalue weighted by atomic mass is 9.85. The van der Waals surface area contributed by atoms with Gasteiger partial charge < -0.3 is 4.84 Å². The van der Waals surface area contributed by atoms with Crippen molar-refractivity contribution in [2.75, 3.05) is 6.61 Å². The van der Waals surface area contributed by atoms with Crippen molar-refractivity contribution < 1.29 is 4.84 Å². The van der Waals surface area contributed by atoms with Crippen molar-refractivity contribution >= 4 is 27.5 Å². The average molecular weight is 279 g/mol. The number of benzene rings is 1. The Morgan fingerprint density at radius 3 is 2.64 bits per heavy atom. The van der Waals surface area contributed by atoms with Crippen LogP contribution >= 0.6 is 27.5 Å². The van der Waals surface area contributed by atoms with Gasteiger partial charge in [-0.05, 0) is 17.7 Å². The molecule has 1 rings (SSSR count). The van der Waals surface area contributed by atoms with Crippen LogP contribution in [-0.4, -0.2) is 6.61 Å². The lowest BCUT2D eigenvalue weighted by molar-refractivity contribution is 0.0964. The molecule has 14 heavy (non-hydrogen) atoms. The first-order valence-electron chi connectivity index (χ1n) is 4.24. The van der Waals surface area contributed by atoms with Crippen molar-refractivity contribution in [3.63, 3.8) is 0 Å². The fourth-order valence-corrected chi connectivity index (χ4v) is 2.25. The van der Waals surface area contributed by atoms with Crippen LogP contribution in [0.4, 0.5) is 0 Å². The summed E-state index contributed by atoms with van der Waals surface area (Å²) in [6, 6.07) is 5.81. The third-order valence-electron chi connectivity index (χ3n) is 2.10. The minimum atomic E-state index is -0.174. The van der Waals surface area contributed by atoms with Crippen LogP contribution in [0.3, 0.4) is 0 Å². The summed E-state index contributed by atoms with van der Waals surface area (Å²) in [5.41, 5.74) is 0.861. The molecule has 2 N–H and O–H groups in total. The first-order chi connectivity index (χ1) is 6.47. The molecule has 0 radical (unpaired) electrons. The predicted molar refractivity (Wildman–Crippen MR) is 62.3 cm³/mol. The second kappa shape index (κ2) is 4.62. The van der Waals surface area contributed by atoms with Gasteiger partial charge in [0.25, 0.3) is 0 Å². The van der Waals surface area contributed by atoms with Crippen molar-refractivity contribution in [3.05, 3.63) is 33.3 Å². The smallest absolute Gasteiger partial charge is 0.0771 e. The lowest BCUT2D eigenvalue weighted by Crippen LogP contribution is -2.26. The number of halogens is 2. The Morgan fingerprint density at radius 2 is 2.14 bits per heavy atom. The van der Waals surface area contributed by atoms with Gasteiger partial charge in [0.15, 0.2) is 0 Å². The van der Waals surface area contributed by atoms with Gasteiger partial charge in [-0.1, -0.05) is 47.4 Å². The van der Waals surface area contributed by atoms with E-state index in [1.165, 1.54) is 0 Å². The molecule has 78 valence electrons. The van der Waals surface area contributed by atoms with Gasteiger partial charge >= 0.3 is 0 Å². The van der Waals surface area contributed by atoms with E-state index in [0.29, 0.717) is 6.61 Å². The molecule has 4 heteroatoms. The highest BCUT2D eigenvalue weighted by molar-refractivity contribution is 9.10. The Labute approximate surface area is 97.5 Å². The zero-order valence-electron chi connectivity index (χ0n) is 8.18. The summed E-state index contributed by atoms with van der Waals surface area (Å²) >= 11 is 9.49. The largest absolute Gasteiger partial charge is 0.304 e. The monoisotopic (exact) mass is 277 g/mol. The normalized spacial score (nSPS) is 11.8. The molecule has 0 amide bonds. The van der Waals surface area contributed by atoms with Crippen molar-refractivity contribution in [2.45, 2.75) is 19.3 Å². The molecule has 1 aromatic rings. The van der Waals surface area contributed by atoms with Gasteiger partial charge in [-0.25, -0.2) is 5.90 Å². The molecular formula is C10H13BrClNO. The van der Waals surface area contributed by atoms with Gasteiger partial charge in [0.05, 0.1) is 6.61 Å². The van der Waals surface area contributed by atoms with Crippen LogP contribution in [-0.2, 0) is 10.3 Å². The van der Waals surface area contributed by atoms with Crippen molar-refractivity contribution in [2.24, 2.45) is 5.90 Å². The predicted octanol–water partition coefficient (Wildman–Crippen LogP) is 3.27. The summed E-state index contributed by atoms with van der Waals surface area (Å²) in [6.45, 7) is 4.51. The molecule has 0 bridgehead atoms. The molecule has 2 nitrogen and oxygen atoms in total. The van der Waals surface area contributed by atoms with E-state index in [2.05, 4.69) is 20.8 Å². The quantitative estimate of drug-likeness (QED) is 0.861. The van der Waals surface area contributed by atoms with Crippen LogP contribution in [0, 0.1) is 0 Å². The maximum absolute atomic E-state index is 6.12. The average Bonchev–Trinajstić information content (AvgIpc) is 2.02. The van der Waals surface area contributed by atoms with Gasteiger partial charge in [0.2, 0.25) is 0 Å². The Hall–Kier alpha value is -0.0900. The summed E-state index contributed by atoms with van der Waals surface area (Å²) in [6.07, 6.45) is 0. The first-order valence-corrected chi connectivity index (χ1v) is 5.41. The van der Waals surface area contributed by atoms with Gasteiger partial charge in [-0.3, -0.25) is 0 Å². The minimum Gasteiger partial charge on any atom is -0.304 e. The van der Waals surface area contributed by atoms with Crippen molar-refractivity contribution in [3.8, 4) is 0 Å². The summed E-state index contributed by atoms with van der Waals surface area (Å²) in [4.78, 5) is 4.68. The lowest BCUT2D eigenvalue weighted by Gasteiger charge is -2.24. The SMILES string of the molecule is CC(C)(CON)c1ccc(Br)cc1Cl. The second-order valence-electron chi connectivity index (χ2n) is 3.82. The van der Waals surface area contributed by atoms with Gasteiger partial charge in [0.1, 0.15) is 0 Å². The highest BCUT2D eigenvalue weighted by atomic mass is 79.9. The minimum absolute atomic E-state index is 0.174. The van der Waals surface area contributed by atoms with Gasteiger partial charge in [-0.15, -0.1) is 0 Å².